The fourth-order valence-corrected chi connectivity index (χ4v) is 1.19. The van der Waals surface area contributed by atoms with Crippen LogP contribution in [0.25, 0.3) is 0 Å². The number of aliphatic hydroxyl groups excluding tert-OH is 1. The normalized spacial score (nSPS) is 12.2. The van der Waals surface area contributed by atoms with Crippen molar-refractivity contribution < 1.29 is 19.4 Å². The molecule has 1 atom stereocenters. The van der Waals surface area contributed by atoms with Crippen molar-refractivity contribution in [3.05, 3.63) is 46.8 Å². The van der Waals surface area contributed by atoms with Crippen LogP contribution in [0.2, 0.25) is 5.02 Å². The van der Waals surface area contributed by atoms with Gasteiger partial charge in [0, 0.05) is 0 Å². The Morgan fingerprint density at radius 2 is 2.13 bits per heavy atom. The monoisotopic (exact) mass is 230 g/mol. The van der Waals surface area contributed by atoms with Gasteiger partial charge in [-0.15, -0.1) is 0 Å². The molecule has 1 rings (SSSR count). The molecule has 0 aliphatic heterocycles. The van der Waals surface area contributed by atoms with E-state index in [9.17, 15) is 14.3 Å². The molecule has 0 saturated carbocycles. The van der Waals surface area contributed by atoms with Gasteiger partial charge in [-0.05, 0) is 17.7 Å². The Morgan fingerprint density at radius 3 is 2.60 bits per heavy atom. The van der Waals surface area contributed by atoms with Crippen LogP contribution in [0.3, 0.4) is 0 Å². The number of aliphatic hydroxyl groups is 1. The Hall–Kier alpha value is -1.39. The molecule has 0 amide bonds. The third-order valence-corrected chi connectivity index (χ3v) is 2.15. The fraction of sp³-hybridized carbons (Fsp3) is 0.100. The van der Waals surface area contributed by atoms with Crippen LogP contribution < -0.4 is 0 Å². The number of hydrogen-bond acceptors (Lipinski definition) is 2. The average molecular weight is 231 g/mol. The molecule has 0 radical (unpaired) electrons. The van der Waals surface area contributed by atoms with E-state index >= 15 is 0 Å². The summed E-state index contributed by atoms with van der Waals surface area (Å²) in [6, 6.07) is 3.46. The minimum Gasteiger partial charge on any atom is -0.478 e. The molecule has 0 aliphatic carbocycles. The van der Waals surface area contributed by atoms with Crippen LogP contribution >= 0.6 is 11.6 Å². The number of halogens is 2. The second-order valence-electron chi connectivity index (χ2n) is 2.91. The van der Waals surface area contributed by atoms with Gasteiger partial charge in [-0.3, -0.25) is 0 Å². The SMILES string of the molecule is C=C(C(=O)O)C(O)c1ccc(F)c(Cl)c1. The molecule has 1 unspecified atom stereocenters. The summed E-state index contributed by atoms with van der Waals surface area (Å²) in [6.45, 7) is 3.20. The highest BCUT2D eigenvalue weighted by Crippen LogP contribution is 2.24. The van der Waals surface area contributed by atoms with E-state index in [1.807, 2.05) is 0 Å². The summed E-state index contributed by atoms with van der Waals surface area (Å²) in [5.41, 5.74) is -0.202. The molecule has 0 fully saturated rings. The van der Waals surface area contributed by atoms with Gasteiger partial charge in [0.15, 0.2) is 0 Å². The van der Waals surface area contributed by atoms with E-state index in [0.717, 1.165) is 12.1 Å². The van der Waals surface area contributed by atoms with Gasteiger partial charge in [0.2, 0.25) is 0 Å². The lowest BCUT2D eigenvalue weighted by molar-refractivity contribution is -0.133. The van der Waals surface area contributed by atoms with Crippen LogP contribution in [-0.2, 0) is 4.79 Å². The zero-order valence-corrected chi connectivity index (χ0v) is 8.33. The van der Waals surface area contributed by atoms with Gasteiger partial charge in [-0.25, -0.2) is 9.18 Å². The first-order valence-corrected chi connectivity index (χ1v) is 4.36. The van der Waals surface area contributed by atoms with Gasteiger partial charge in [-0.1, -0.05) is 24.2 Å². The number of rotatable bonds is 3. The van der Waals surface area contributed by atoms with E-state index in [2.05, 4.69) is 6.58 Å². The molecule has 2 N–H and O–H groups in total. The van der Waals surface area contributed by atoms with Crippen molar-refractivity contribution in [3.8, 4) is 0 Å². The Morgan fingerprint density at radius 1 is 1.53 bits per heavy atom. The smallest absolute Gasteiger partial charge is 0.333 e. The largest absolute Gasteiger partial charge is 0.478 e. The molecular formula is C10H8ClFO3. The minimum atomic E-state index is -1.39. The average Bonchev–Trinajstić information content (AvgIpc) is 2.19. The molecule has 1 aromatic rings. The Balaban J connectivity index is 3.02. The number of benzene rings is 1. The van der Waals surface area contributed by atoms with E-state index in [4.69, 9.17) is 16.7 Å². The Bertz CT molecular complexity index is 417. The maximum Gasteiger partial charge on any atom is 0.333 e. The third-order valence-electron chi connectivity index (χ3n) is 1.86. The van der Waals surface area contributed by atoms with E-state index in [1.54, 1.807) is 0 Å². The minimum absolute atomic E-state index is 0.176. The van der Waals surface area contributed by atoms with Crippen molar-refractivity contribution >= 4 is 17.6 Å². The van der Waals surface area contributed by atoms with Crippen molar-refractivity contribution in [1.82, 2.24) is 0 Å². The van der Waals surface area contributed by atoms with E-state index in [-0.39, 0.29) is 10.6 Å². The molecule has 5 heteroatoms. The third kappa shape index (κ3) is 2.55. The van der Waals surface area contributed by atoms with Crippen LogP contribution in [-0.4, -0.2) is 16.2 Å². The van der Waals surface area contributed by atoms with E-state index in [0.29, 0.717) is 0 Å². The van der Waals surface area contributed by atoms with Crippen LogP contribution in [0.5, 0.6) is 0 Å². The number of carbonyl (C=O) groups is 1. The molecule has 1 aromatic carbocycles. The first-order chi connectivity index (χ1) is 6.93. The van der Waals surface area contributed by atoms with Crippen molar-refractivity contribution in [2.24, 2.45) is 0 Å². The predicted octanol–water partition coefficient (Wildman–Crippen LogP) is 2.15. The van der Waals surface area contributed by atoms with Gasteiger partial charge in [0.1, 0.15) is 11.9 Å². The summed E-state index contributed by atoms with van der Waals surface area (Å²) in [6.07, 6.45) is -1.39. The number of hydrogen-bond donors (Lipinski definition) is 2. The van der Waals surface area contributed by atoms with Gasteiger partial charge in [0.05, 0.1) is 10.6 Å². The molecule has 80 valence electrons. The Labute approximate surface area is 90.4 Å². The lowest BCUT2D eigenvalue weighted by Crippen LogP contribution is -2.09. The second-order valence-corrected chi connectivity index (χ2v) is 3.31. The first kappa shape index (κ1) is 11.7. The molecule has 0 heterocycles. The van der Waals surface area contributed by atoms with Gasteiger partial charge in [0.25, 0.3) is 0 Å². The number of carboxylic acids is 1. The summed E-state index contributed by atoms with van der Waals surface area (Å²) in [5.74, 6) is -1.95. The fourth-order valence-electron chi connectivity index (χ4n) is 1.00. The van der Waals surface area contributed by atoms with E-state index < -0.39 is 23.5 Å². The number of carboxylic acid groups (broad SMARTS) is 1. The van der Waals surface area contributed by atoms with Gasteiger partial charge < -0.3 is 10.2 Å². The lowest BCUT2D eigenvalue weighted by atomic mass is 10.0. The predicted molar refractivity (Wildman–Crippen MR) is 53.1 cm³/mol. The summed E-state index contributed by atoms with van der Waals surface area (Å²) in [5, 5.41) is 17.9. The lowest BCUT2D eigenvalue weighted by Gasteiger charge is -2.10. The summed E-state index contributed by atoms with van der Waals surface area (Å²) >= 11 is 5.48. The summed E-state index contributed by atoms with van der Waals surface area (Å²) in [4.78, 5) is 10.5. The molecule has 3 nitrogen and oxygen atoms in total. The number of aliphatic carboxylic acids is 1. The molecular weight excluding hydrogens is 223 g/mol. The summed E-state index contributed by atoms with van der Waals surface area (Å²) < 4.78 is 12.8. The highest BCUT2D eigenvalue weighted by atomic mass is 35.5. The first-order valence-electron chi connectivity index (χ1n) is 3.98. The molecule has 0 aromatic heterocycles. The van der Waals surface area contributed by atoms with Crippen LogP contribution in [0, 0.1) is 5.82 Å². The molecule has 0 saturated heterocycles. The topological polar surface area (TPSA) is 57.5 Å². The standard InChI is InChI=1S/C10H8ClFO3/c1-5(10(14)15)9(13)6-2-3-8(12)7(11)4-6/h2-4,9,13H,1H2,(H,14,15). The second kappa shape index (κ2) is 4.42. The van der Waals surface area contributed by atoms with Crippen molar-refractivity contribution in [2.75, 3.05) is 0 Å². The van der Waals surface area contributed by atoms with Crippen LogP contribution in [0.4, 0.5) is 4.39 Å². The highest BCUT2D eigenvalue weighted by molar-refractivity contribution is 6.30. The van der Waals surface area contributed by atoms with Gasteiger partial charge in [-0.2, -0.15) is 0 Å². The molecule has 0 bridgehead atoms. The molecule has 15 heavy (non-hydrogen) atoms. The zero-order valence-electron chi connectivity index (χ0n) is 7.58. The maximum absolute atomic E-state index is 12.8. The quantitative estimate of drug-likeness (QED) is 0.783. The van der Waals surface area contributed by atoms with Crippen LogP contribution in [0.15, 0.2) is 30.4 Å². The highest BCUT2D eigenvalue weighted by Gasteiger charge is 2.18. The molecule has 0 aliphatic rings. The van der Waals surface area contributed by atoms with Crippen molar-refractivity contribution in [1.29, 1.82) is 0 Å². The van der Waals surface area contributed by atoms with Crippen LogP contribution in [0.1, 0.15) is 11.7 Å². The molecule has 0 spiro atoms. The Kier molecular flexibility index (Phi) is 3.44. The van der Waals surface area contributed by atoms with Crippen molar-refractivity contribution in [2.45, 2.75) is 6.10 Å². The zero-order chi connectivity index (χ0) is 11.6. The summed E-state index contributed by atoms with van der Waals surface area (Å²) in [7, 11) is 0. The maximum atomic E-state index is 12.8. The van der Waals surface area contributed by atoms with E-state index in [1.165, 1.54) is 6.07 Å². The van der Waals surface area contributed by atoms with Crippen molar-refractivity contribution in [3.63, 3.8) is 0 Å². The van der Waals surface area contributed by atoms with Gasteiger partial charge >= 0.3 is 5.97 Å².